The van der Waals surface area contributed by atoms with Crippen molar-refractivity contribution in [2.45, 2.75) is 25.4 Å². The zero-order chi connectivity index (χ0) is 27.1. The van der Waals surface area contributed by atoms with Gasteiger partial charge in [0.25, 0.3) is 0 Å². The molecule has 1 amide bonds. The van der Waals surface area contributed by atoms with Gasteiger partial charge in [-0.1, -0.05) is 29.3 Å². The number of aliphatic hydroxyl groups excluding tert-OH is 1. The van der Waals surface area contributed by atoms with Gasteiger partial charge in [0.15, 0.2) is 0 Å². The van der Waals surface area contributed by atoms with Gasteiger partial charge in [0.1, 0.15) is 18.5 Å². The predicted octanol–water partition coefficient (Wildman–Crippen LogP) is 3.81. The minimum Gasteiger partial charge on any atom is -0.491 e. The van der Waals surface area contributed by atoms with Crippen LogP contribution in [0.4, 0.5) is 5.69 Å². The van der Waals surface area contributed by atoms with Gasteiger partial charge in [0, 0.05) is 68.9 Å². The number of hydrogen-bond donors (Lipinski definition) is 1. The Balaban J connectivity index is 0.00000164. The number of hydrogen-bond acceptors (Lipinski definition) is 7. The summed E-state index contributed by atoms with van der Waals surface area (Å²) in [6.45, 7) is 5.80. The van der Waals surface area contributed by atoms with Crippen LogP contribution in [-0.2, 0) is 26.6 Å². The van der Waals surface area contributed by atoms with Crippen molar-refractivity contribution >= 4 is 34.8 Å². The molecular weight excluding hydrogens is 531 g/mol. The number of aromatic nitrogens is 2. The highest BCUT2D eigenvalue weighted by Crippen LogP contribution is 2.40. The number of piperazine rings is 1. The molecule has 204 valence electrons. The first kappa shape index (κ1) is 28.2. The summed E-state index contributed by atoms with van der Waals surface area (Å²) in [6.07, 6.45) is 4.98. The molecule has 1 N–H and O–H groups in total. The molecule has 2 fully saturated rings. The lowest BCUT2D eigenvalue weighted by molar-refractivity contribution is -0.189. The molecule has 9 nitrogen and oxygen atoms in total. The van der Waals surface area contributed by atoms with Crippen LogP contribution in [0.3, 0.4) is 0 Å². The van der Waals surface area contributed by atoms with E-state index in [0.717, 1.165) is 44.7 Å². The average Bonchev–Trinajstić information content (AvgIpc) is 3.59. The third-order valence-electron chi connectivity index (χ3n) is 6.51. The first-order chi connectivity index (χ1) is 18.4. The molecule has 3 heterocycles. The van der Waals surface area contributed by atoms with Crippen molar-refractivity contribution in [3.63, 3.8) is 0 Å². The topological polar surface area (TPSA) is 89.3 Å². The number of aliphatic hydroxyl groups is 1. The number of ether oxygens (including phenoxy) is 3. The molecule has 2 aromatic carbocycles. The fourth-order valence-corrected chi connectivity index (χ4v) is 5.15. The Hall–Kier alpha value is -2.82. The minimum atomic E-state index is -1.08. The number of halogens is 2. The van der Waals surface area contributed by atoms with E-state index >= 15 is 0 Å². The van der Waals surface area contributed by atoms with Crippen molar-refractivity contribution in [2.75, 3.05) is 51.4 Å². The van der Waals surface area contributed by atoms with Gasteiger partial charge in [0.05, 0.1) is 24.5 Å². The van der Waals surface area contributed by atoms with Crippen molar-refractivity contribution in [2.24, 2.45) is 0 Å². The second kappa shape index (κ2) is 12.8. The van der Waals surface area contributed by atoms with Crippen LogP contribution in [0, 0.1) is 0 Å². The highest BCUT2D eigenvalue weighted by Gasteiger charge is 2.45. The molecule has 0 bridgehead atoms. The molecule has 5 rings (SSSR count). The second-order valence-electron chi connectivity index (χ2n) is 8.96. The molecule has 1 aromatic heterocycles. The quantitative estimate of drug-likeness (QED) is 0.468. The van der Waals surface area contributed by atoms with E-state index in [1.54, 1.807) is 31.6 Å². The maximum absolute atomic E-state index is 11.6. The minimum absolute atomic E-state index is 0.129. The first-order valence-corrected chi connectivity index (χ1v) is 13.1. The third kappa shape index (κ3) is 6.59. The van der Waals surface area contributed by atoms with Crippen molar-refractivity contribution < 1.29 is 24.1 Å². The van der Waals surface area contributed by atoms with E-state index in [4.69, 9.17) is 42.5 Å². The van der Waals surface area contributed by atoms with Crippen LogP contribution in [-0.4, -0.2) is 78.1 Å². The third-order valence-corrected chi connectivity index (χ3v) is 7.06. The lowest BCUT2D eigenvalue weighted by Gasteiger charge is -2.35. The summed E-state index contributed by atoms with van der Waals surface area (Å²) in [4.78, 5) is 19.8. The number of benzene rings is 2. The number of nitrogens with zero attached hydrogens (tertiary/aromatic N) is 4. The van der Waals surface area contributed by atoms with Gasteiger partial charge in [-0.15, -0.1) is 0 Å². The Bertz CT molecular complexity index is 1190. The number of carbonyl (C=O) groups excluding carboxylic acids is 1. The smallest absolute Gasteiger partial charge is 0.219 e. The number of carbonyl (C=O) groups is 1. The lowest BCUT2D eigenvalue weighted by Crippen LogP contribution is -2.48. The number of imidazole rings is 1. The van der Waals surface area contributed by atoms with E-state index in [2.05, 4.69) is 9.88 Å². The summed E-state index contributed by atoms with van der Waals surface area (Å²) in [7, 11) is 1.00. The molecule has 11 heteroatoms. The molecule has 2 aliphatic rings. The van der Waals surface area contributed by atoms with Gasteiger partial charge < -0.3 is 33.7 Å². The van der Waals surface area contributed by atoms with Crippen LogP contribution in [0.5, 0.6) is 5.75 Å². The van der Waals surface area contributed by atoms with E-state index < -0.39 is 5.79 Å². The summed E-state index contributed by atoms with van der Waals surface area (Å²) >= 11 is 12.7. The Morgan fingerprint density at radius 1 is 1.13 bits per heavy atom. The van der Waals surface area contributed by atoms with Crippen LogP contribution in [0.25, 0.3) is 0 Å². The maximum Gasteiger partial charge on any atom is 0.219 e. The Morgan fingerprint density at radius 2 is 1.87 bits per heavy atom. The predicted molar refractivity (Wildman–Crippen MR) is 146 cm³/mol. The number of amides is 1. The van der Waals surface area contributed by atoms with Crippen molar-refractivity contribution in [1.82, 2.24) is 14.5 Å². The molecule has 0 radical (unpaired) electrons. The van der Waals surface area contributed by atoms with Gasteiger partial charge in [-0.3, -0.25) is 4.79 Å². The van der Waals surface area contributed by atoms with Crippen LogP contribution in [0.1, 0.15) is 12.5 Å². The Kier molecular flexibility index (Phi) is 9.51. The van der Waals surface area contributed by atoms with Gasteiger partial charge >= 0.3 is 0 Å². The monoisotopic (exact) mass is 562 g/mol. The summed E-state index contributed by atoms with van der Waals surface area (Å²) in [6, 6.07) is 13.3. The Morgan fingerprint density at radius 3 is 2.50 bits per heavy atom. The standard InChI is InChI=1S/C26H28Cl2N4O4.CH4O/c1-19(33)31-10-12-32(13-11-31)21-3-5-22(6-4-21)34-15-23-16-35-26(36-23,17-30-9-8-29-18-30)24-7-2-20(27)14-25(24)28;1-2/h2-9,14,18,23H,10-13,15-17H2,1H3;2H,1H3/t23-,26-;/m0./s1. The van der Waals surface area contributed by atoms with Crippen LogP contribution in [0.15, 0.2) is 61.2 Å². The summed E-state index contributed by atoms with van der Waals surface area (Å²) < 4.78 is 20.6. The molecule has 0 aliphatic carbocycles. The molecule has 0 saturated carbocycles. The molecular formula is C27H32Cl2N4O5. The van der Waals surface area contributed by atoms with Crippen LogP contribution < -0.4 is 9.64 Å². The van der Waals surface area contributed by atoms with Gasteiger partial charge in [-0.05, 0) is 36.4 Å². The zero-order valence-corrected chi connectivity index (χ0v) is 22.9. The summed E-state index contributed by atoms with van der Waals surface area (Å²) in [5.41, 5.74) is 1.82. The molecule has 0 spiro atoms. The SMILES string of the molecule is CC(=O)N1CCN(c2ccc(OC[C@H]3CO[C@](Cn4ccnc4)(c4ccc(Cl)cc4Cl)O3)cc2)CC1.CO. The normalized spacial score (nSPS) is 21.1. The molecule has 2 atom stereocenters. The van der Waals surface area contributed by atoms with Crippen LogP contribution in [0.2, 0.25) is 10.0 Å². The van der Waals surface area contributed by atoms with Crippen molar-refractivity contribution in [3.05, 3.63) is 76.8 Å². The average molecular weight is 563 g/mol. The molecule has 0 unspecified atom stereocenters. The first-order valence-electron chi connectivity index (χ1n) is 12.3. The van der Waals surface area contributed by atoms with Crippen LogP contribution >= 0.6 is 23.2 Å². The van der Waals surface area contributed by atoms with E-state index in [9.17, 15) is 4.79 Å². The van der Waals surface area contributed by atoms with E-state index in [-0.39, 0.29) is 12.0 Å². The van der Waals surface area contributed by atoms with Gasteiger partial charge in [-0.25, -0.2) is 4.98 Å². The maximum atomic E-state index is 11.6. The summed E-state index contributed by atoms with van der Waals surface area (Å²) in [5.74, 6) is -0.201. The van der Waals surface area contributed by atoms with Crippen molar-refractivity contribution in [3.8, 4) is 5.75 Å². The fraction of sp³-hybridized carbons (Fsp3) is 0.407. The van der Waals surface area contributed by atoms with Gasteiger partial charge in [0.2, 0.25) is 11.7 Å². The largest absolute Gasteiger partial charge is 0.491 e. The number of anilines is 1. The van der Waals surface area contributed by atoms with Crippen molar-refractivity contribution in [1.29, 1.82) is 0 Å². The number of rotatable bonds is 7. The second-order valence-corrected chi connectivity index (χ2v) is 9.80. The van der Waals surface area contributed by atoms with Gasteiger partial charge in [-0.2, -0.15) is 0 Å². The molecule has 3 aromatic rings. The van der Waals surface area contributed by atoms with E-state index in [1.807, 2.05) is 46.0 Å². The zero-order valence-electron chi connectivity index (χ0n) is 21.4. The lowest BCUT2D eigenvalue weighted by atomic mass is 10.1. The fourth-order valence-electron chi connectivity index (χ4n) is 4.60. The molecule has 2 saturated heterocycles. The Labute approximate surface area is 232 Å². The van der Waals surface area contributed by atoms with E-state index in [0.29, 0.717) is 35.4 Å². The molecule has 2 aliphatic heterocycles. The highest BCUT2D eigenvalue weighted by molar-refractivity contribution is 6.35. The summed E-state index contributed by atoms with van der Waals surface area (Å²) in [5, 5.41) is 8.02. The molecule has 38 heavy (non-hydrogen) atoms. The van der Waals surface area contributed by atoms with E-state index in [1.165, 1.54) is 0 Å². The highest BCUT2D eigenvalue weighted by atomic mass is 35.5.